The SMILES string of the molecule is Cc1ccc(F)cc1S(=O)(=O)NC(C)C(=O)NC1CC1. The van der Waals surface area contributed by atoms with Gasteiger partial charge in [0, 0.05) is 6.04 Å². The third kappa shape index (κ3) is 3.55. The summed E-state index contributed by atoms with van der Waals surface area (Å²) in [7, 11) is -3.92. The number of halogens is 1. The second kappa shape index (κ2) is 5.49. The number of carbonyl (C=O) groups is 1. The van der Waals surface area contributed by atoms with Crippen LogP contribution in [0, 0.1) is 12.7 Å². The Labute approximate surface area is 117 Å². The minimum Gasteiger partial charge on any atom is -0.352 e. The van der Waals surface area contributed by atoms with Crippen LogP contribution >= 0.6 is 0 Å². The Bertz CT molecular complexity index is 627. The number of benzene rings is 1. The molecule has 20 heavy (non-hydrogen) atoms. The Morgan fingerprint density at radius 2 is 2.05 bits per heavy atom. The van der Waals surface area contributed by atoms with Crippen LogP contribution in [-0.4, -0.2) is 26.4 Å². The van der Waals surface area contributed by atoms with Crippen LogP contribution in [0.15, 0.2) is 23.1 Å². The molecule has 1 atom stereocenters. The Hall–Kier alpha value is -1.47. The second-order valence-corrected chi connectivity index (χ2v) is 6.72. The molecule has 0 heterocycles. The van der Waals surface area contributed by atoms with E-state index in [1.165, 1.54) is 19.1 Å². The number of amides is 1. The van der Waals surface area contributed by atoms with Gasteiger partial charge in [0.15, 0.2) is 0 Å². The quantitative estimate of drug-likeness (QED) is 0.854. The summed E-state index contributed by atoms with van der Waals surface area (Å²) in [5.41, 5.74) is 0.425. The summed E-state index contributed by atoms with van der Waals surface area (Å²) in [5.74, 6) is -1.00. The first-order valence-corrected chi connectivity index (χ1v) is 7.87. The fraction of sp³-hybridized carbons (Fsp3) is 0.462. The van der Waals surface area contributed by atoms with E-state index in [2.05, 4.69) is 10.0 Å². The predicted octanol–water partition coefficient (Wildman–Crippen LogP) is 1.08. The first-order valence-electron chi connectivity index (χ1n) is 6.38. The number of sulfonamides is 1. The summed E-state index contributed by atoms with van der Waals surface area (Å²) in [6.45, 7) is 3.03. The molecule has 1 aromatic rings. The molecule has 1 aliphatic rings. The van der Waals surface area contributed by atoms with Gasteiger partial charge in [-0.25, -0.2) is 12.8 Å². The summed E-state index contributed by atoms with van der Waals surface area (Å²) in [6, 6.07) is 2.79. The van der Waals surface area contributed by atoms with E-state index in [1.807, 2.05) is 0 Å². The Morgan fingerprint density at radius 1 is 1.40 bits per heavy atom. The Kier molecular flexibility index (Phi) is 4.10. The molecule has 2 rings (SSSR count). The summed E-state index contributed by atoms with van der Waals surface area (Å²) in [6.07, 6.45) is 1.85. The average Bonchev–Trinajstić information content (AvgIpc) is 3.15. The lowest BCUT2D eigenvalue weighted by Gasteiger charge is -2.15. The monoisotopic (exact) mass is 300 g/mol. The number of hydrogen-bond donors (Lipinski definition) is 2. The molecule has 1 unspecified atom stereocenters. The zero-order chi connectivity index (χ0) is 14.9. The lowest BCUT2D eigenvalue weighted by atomic mass is 10.2. The average molecular weight is 300 g/mol. The highest BCUT2D eigenvalue weighted by atomic mass is 32.2. The first-order chi connectivity index (χ1) is 9.29. The van der Waals surface area contributed by atoms with Gasteiger partial charge in [-0.05, 0) is 44.4 Å². The van der Waals surface area contributed by atoms with Crippen molar-refractivity contribution in [3.8, 4) is 0 Å². The normalized spacial score (nSPS) is 16.8. The van der Waals surface area contributed by atoms with Gasteiger partial charge >= 0.3 is 0 Å². The van der Waals surface area contributed by atoms with Gasteiger partial charge in [0.25, 0.3) is 0 Å². The second-order valence-electron chi connectivity index (χ2n) is 5.04. The minimum absolute atomic E-state index is 0.149. The third-order valence-corrected chi connectivity index (χ3v) is 4.77. The van der Waals surface area contributed by atoms with E-state index >= 15 is 0 Å². The van der Waals surface area contributed by atoms with Crippen molar-refractivity contribution in [2.45, 2.75) is 43.7 Å². The smallest absolute Gasteiger partial charge is 0.241 e. The fourth-order valence-corrected chi connectivity index (χ4v) is 3.23. The van der Waals surface area contributed by atoms with Crippen LogP contribution in [0.25, 0.3) is 0 Å². The zero-order valence-electron chi connectivity index (χ0n) is 11.3. The van der Waals surface area contributed by atoms with Crippen molar-refractivity contribution >= 4 is 15.9 Å². The van der Waals surface area contributed by atoms with Crippen molar-refractivity contribution in [2.24, 2.45) is 0 Å². The maximum absolute atomic E-state index is 13.2. The summed E-state index contributed by atoms with van der Waals surface area (Å²) >= 11 is 0. The molecular formula is C13H17FN2O3S. The molecule has 0 radical (unpaired) electrons. The van der Waals surface area contributed by atoms with E-state index in [0.717, 1.165) is 18.9 Å². The molecular weight excluding hydrogens is 283 g/mol. The van der Waals surface area contributed by atoms with Crippen LogP contribution < -0.4 is 10.0 Å². The summed E-state index contributed by atoms with van der Waals surface area (Å²) < 4.78 is 39.8. The van der Waals surface area contributed by atoms with Gasteiger partial charge in [-0.1, -0.05) is 6.07 Å². The number of aryl methyl sites for hydroxylation is 1. The number of rotatable bonds is 5. The fourth-order valence-electron chi connectivity index (χ4n) is 1.77. The number of nitrogens with one attached hydrogen (secondary N) is 2. The van der Waals surface area contributed by atoms with Crippen LogP contribution in [0.1, 0.15) is 25.3 Å². The largest absolute Gasteiger partial charge is 0.352 e. The molecule has 5 nitrogen and oxygen atoms in total. The first kappa shape index (κ1) is 14.9. The van der Waals surface area contributed by atoms with E-state index in [0.29, 0.717) is 5.56 Å². The van der Waals surface area contributed by atoms with Gasteiger partial charge in [0.05, 0.1) is 10.9 Å². The van der Waals surface area contributed by atoms with E-state index in [1.54, 1.807) is 6.92 Å². The van der Waals surface area contributed by atoms with Crippen molar-refractivity contribution in [2.75, 3.05) is 0 Å². The number of carbonyl (C=O) groups excluding carboxylic acids is 1. The summed E-state index contributed by atoms with van der Waals surface area (Å²) in [4.78, 5) is 11.6. The van der Waals surface area contributed by atoms with E-state index in [-0.39, 0.29) is 16.8 Å². The highest BCUT2D eigenvalue weighted by Crippen LogP contribution is 2.19. The van der Waals surface area contributed by atoms with Gasteiger partial charge in [-0.15, -0.1) is 0 Å². The standard InChI is InChI=1S/C13H17FN2O3S/c1-8-3-4-10(14)7-12(8)20(18,19)16-9(2)13(17)15-11-5-6-11/h3-4,7,9,11,16H,5-6H2,1-2H3,(H,15,17). The van der Waals surface area contributed by atoms with Crippen LogP contribution in [0.4, 0.5) is 4.39 Å². The van der Waals surface area contributed by atoms with Crippen molar-refractivity contribution < 1.29 is 17.6 Å². The van der Waals surface area contributed by atoms with Gasteiger partial charge in [-0.2, -0.15) is 4.72 Å². The molecule has 0 saturated heterocycles. The molecule has 2 N–H and O–H groups in total. The van der Waals surface area contributed by atoms with Gasteiger partial charge < -0.3 is 5.32 Å². The molecule has 0 bridgehead atoms. The van der Waals surface area contributed by atoms with Crippen LogP contribution in [0.3, 0.4) is 0 Å². The molecule has 0 spiro atoms. The Morgan fingerprint density at radius 3 is 2.65 bits per heavy atom. The van der Waals surface area contributed by atoms with Gasteiger partial charge in [0.1, 0.15) is 5.82 Å². The molecule has 0 aliphatic heterocycles. The Balaban J connectivity index is 2.13. The van der Waals surface area contributed by atoms with Crippen LogP contribution in [0.5, 0.6) is 0 Å². The lowest BCUT2D eigenvalue weighted by molar-refractivity contribution is -0.122. The van der Waals surface area contributed by atoms with Crippen molar-refractivity contribution in [3.05, 3.63) is 29.6 Å². The molecule has 1 amide bonds. The summed E-state index contributed by atoms with van der Waals surface area (Å²) in [5, 5.41) is 2.71. The zero-order valence-corrected chi connectivity index (χ0v) is 12.1. The maximum Gasteiger partial charge on any atom is 0.241 e. The molecule has 1 saturated carbocycles. The molecule has 1 fully saturated rings. The predicted molar refractivity (Wildman–Crippen MR) is 72.1 cm³/mol. The van der Waals surface area contributed by atoms with Crippen molar-refractivity contribution in [1.29, 1.82) is 0 Å². The van der Waals surface area contributed by atoms with Gasteiger partial charge in [0.2, 0.25) is 15.9 Å². The van der Waals surface area contributed by atoms with E-state index < -0.39 is 21.9 Å². The number of hydrogen-bond acceptors (Lipinski definition) is 3. The van der Waals surface area contributed by atoms with Gasteiger partial charge in [-0.3, -0.25) is 4.79 Å². The van der Waals surface area contributed by atoms with E-state index in [9.17, 15) is 17.6 Å². The molecule has 7 heteroatoms. The lowest BCUT2D eigenvalue weighted by Crippen LogP contribution is -2.45. The molecule has 1 aromatic carbocycles. The topological polar surface area (TPSA) is 75.3 Å². The maximum atomic E-state index is 13.2. The van der Waals surface area contributed by atoms with E-state index in [4.69, 9.17) is 0 Å². The highest BCUT2D eigenvalue weighted by molar-refractivity contribution is 7.89. The van der Waals surface area contributed by atoms with Crippen LogP contribution in [0.2, 0.25) is 0 Å². The highest BCUT2D eigenvalue weighted by Gasteiger charge is 2.28. The molecule has 0 aromatic heterocycles. The van der Waals surface area contributed by atoms with Crippen molar-refractivity contribution in [3.63, 3.8) is 0 Å². The van der Waals surface area contributed by atoms with Crippen LogP contribution in [-0.2, 0) is 14.8 Å². The third-order valence-electron chi connectivity index (χ3n) is 3.09. The van der Waals surface area contributed by atoms with Crippen molar-refractivity contribution in [1.82, 2.24) is 10.0 Å². The molecule has 110 valence electrons. The minimum atomic E-state index is -3.92. The molecule has 1 aliphatic carbocycles.